The highest BCUT2D eigenvalue weighted by atomic mass is 32.2. The molecule has 15 heavy (non-hydrogen) atoms. The summed E-state index contributed by atoms with van der Waals surface area (Å²) in [4.78, 5) is 0. The number of nitrogens with one attached hydrogen (secondary N) is 1. The van der Waals surface area contributed by atoms with Gasteiger partial charge in [-0.15, -0.1) is 0 Å². The first-order valence-corrected chi connectivity index (χ1v) is 7.33. The second kappa shape index (κ2) is 8.43. The van der Waals surface area contributed by atoms with Gasteiger partial charge >= 0.3 is 0 Å². The van der Waals surface area contributed by atoms with Gasteiger partial charge in [0, 0.05) is 19.3 Å². The van der Waals surface area contributed by atoms with E-state index in [1.807, 2.05) is 0 Å². The van der Waals surface area contributed by atoms with Crippen LogP contribution in [0.3, 0.4) is 0 Å². The maximum atomic E-state index is 5.33. The van der Waals surface area contributed by atoms with Gasteiger partial charge < -0.3 is 10.1 Å². The molecule has 3 heteroatoms. The van der Waals surface area contributed by atoms with Crippen molar-refractivity contribution in [2.45, 2.75) is 39.2 Å². The summed E-state index contributed by atoms with van der Waals surface area (Å²) < 4.78 is 5.33. The summed E-state index contributed by atoms with van der Waals surface area (Å²) in [5.74, 6) is 3.43. The molecular weight excluding hydrogens is 206 g/mol. The van der Waals surface area contributed by atoms with Gasteiger partial charge in [-0.3, -0.25) is 0 Å². The zero-order chi connectivity index (χ0) is 10.9. The summed E-state index contributed by atoms with van der Waals surface area (Å²) in [5.41, 5.74) is 0. The number of rotatable bonds is 7. The first kappa shape index (κ1) is 13.3. The Morgan fingerprint density at radius 1 is 1.33 bits per heavy atom. The van der Waals surface area contributed by atoms with E-state index in [1.165, 1.54) is 37.3 Å². The number of thioether (sulfide) groups is 1. The van der Waals surface area contributed by atoms with Crippen molar-refractivity contribution in [1.29, 1.82) is 0 Å². The van der Waals surface area contributed by atoms with Gasteiger partial charge in [-0.05, 0) is 43.2 Å². The van der Waals surface area contributed by atoms with Gasteiger partial charge in [0.1, 0.15) is 0 Å². The summed E-state index contributed by atoms with van der Waals surface area (Å²) >= 11 is 2.08. The molecular formula is C12H25NOS. The highest BCUT2D eigenvalue weighted by molar-refractivity contribution is 7.99. The van der Waals surface area contributed by atoms with Crippen LogP contribution in [0, 0.1) is 5.92 Å². The minimum Gasteiger partial charge on any atom is -0.381 e. The Morgan fingerprint density at radius 2 is 2.07 bits per heavy atom. The fraction of sp³-hybridized carbons (Fsp3) is 1.00. The number of hydrogen-bond donors (Lipinski definition) is 1. The Labute approximate surface area is 98.5 Å². The minimum absolute atomic E-state index is 0.717. The minimum atomic E-state index is 0.717. The average molecular weight is 231 g/mol. The van der Waals surface area contributed by atoms with E-state index in [2.05, 4.69) is 30.9 Å². The molecule has 1 fully saturated rings. The lowest BCUT2D eigenvalue weighted by Crippen LogP contribution is -2.35. The van der Waals surface area contributed by atoms with E-state index in [-0.39, 0.29) is 0 Å². The fourth-order valence-electron chi connectivity index (χ4n) is 1.70. The maximum absolute atomic E-state index is 5.33. The lowest BCUT2D eigenvalue weighted by atomic mass is 10.1. The van der Waals surface area contributed by atoms with Gasteiger partial charge in [-0.1, -0.05) is 13.8 Å². The van der Waals surface area contributed by atoms with E-state index in [4.69, 9.17) is 4.74 Å². The Hall–Kier alpha value is 0.270. The first-order valence-electron chi connectivity index (χ1n) is 6.18. The molecule has 0 unspecified atom stereocenters. The molecule has 0 aliphatic carbocycles. The van der Waals surface area contributed by atoms with E-state index in [9.17, 15) is 0 Å². The van der Waals surface area contributed by atoms with Crippen LogP contribution in [0.15, 0.2) is 0 Å². The van der Waals surface area contributed by atoms with Crippen LogP contribution in [0.2, 0.25) is 0 Å². The van der Waals surface area contributed by atoms with Crippen molar-refractivity contribution in [3.63, 3.8) is 0 Å². The highest BCUT2D eigenvalue weighted by Gasteiger charge is 2.11. The predicted octanol–water partition coefficient (Wildman–Crippen LogP) is 2.53. The first-order chi connectivity index (χ1) is 7.29. The van der Waals surface area contributed by atoms with Gasteiger partial charge in [-0.2, -0.15) is 11.8 Å². The predicted molar refractivity (Wildman–Crippen MR) is 68.6 cm³/mol. The summed E-state index contributed by atoms with van der Waals surface area (Å²) in [5, 5.41) is 3.62. The molecule has 0 aromatic rings. The van der Waals surface area contributed by atoms with Crippen LogP contribution in [0.1, 0.15) is 33.1 Å². The topological polar surface area (TPSA) is 21.3 Å². The highest BCUT2D eigenvalue weighted by Crippen LogP contribution is 2.09. The molecule has 0 bridgehead atoms. The molecule has 0 atom stereocenters. The number of hydrogen-bond acceptors (Lipinski definition) is 3. The van der Waals surface area contributed by atoms with Crippen molar-refractivity contribution in [2.24, 2.45) is 5.92 Å². The molecule has 1 aliphatic rings. The number of ether oxygens (including phenoxy) is 1. The van der Waals surface area contributed by atoms with Crippen molar-refractivity contribution in [1.82, 2.24) is 5.32 Å². The largest absolute Gasteiger partial charge is 0.381 e. The summed E-state index contributed by atoms with van der Waals surface area (Å²) in [6.07, 6.45) is 3.69. The van der Waals surface area contributed by atoms with E-state index >= 15 is 0 Å². The van der Waals surface area contributed by atoms with Crippen molar-refractivity contribution < 1.29 is 4.74 Å². The van der Waals surface area contributed by atoms with Crippen LogP contribution in [-0.4, -0.2) is 37.3 Å². The third kappa shape index (κ3) is 7.20. The van der Waals surface area contributed by atoms with Crippen LogP contribution in [-0.2, 0) is 4.74 Å². The Balaban J connectivity index is 1.83. The molecule has 0 saturated carbocycles. The van der Waals surface area contributed by atoms with Crippen LogP contribution in [0.4, 0.5) is 0 Å². The van der Waals surface area contributed by atoms with Crippen LogP contribution < -0.4 is 5.32 Å². The molecule has 0 aromatic carbocycles. The van der Waals surface area contributed by atoms with Crippen LogP contribution in [0.5, 0.6) is 0 Å². The second-order valence-electron chi connectivity index (χ2n) is 4.66. The van der Waals surface area contributed by atoms with Crippen molar-refractivity contribution >= 4 is 11.8 Å². The van der Waals surface area contributed by atoms with Gasteiger partial charge in [0.05, 0.1) is 0 Å². The lowest BCUT2D eigenvalue weighted by molar-refractivity contribution is 0.0781. The van der Waals surface area contributed by atoms with Gasteiger partial charge in [0.15, 0.2) is 0 Å². The average Bonchev–Trinajstić information content (AvgIpc) is 2.24. The van der Waals surface area contributed by atoms with Crippen molar-refractivity contribution in [3.05, 3.63) is 0 Å². The molecule has 2 nitrogen and oxygen atoms in total. The van der Waals surface area contributed by atoms with Gasteiger partial charge in [-0.25, -0.2) is 0 Å². The monoisotopic (exact) mass is 231 g/mol. The smallest absolute Gasteiger partial charge is 0.0480 e. The summed E-state index contributed by atoms with van der Waals surface area (Å²) in [6, 6.07) is 0.717. The van der Waals surface area contributed by atoms with Gasteiger partial charge in [0.2, 0.25) is 0 Å². The van der Waals surface area contributed by atoms with Crippen LogP contribution in [0.25, 0.3) is 0 Å². The molecule has 90 valence electrons. The molecule has 0 spiro atoms. The molecule has 0 aromatic heterocycles. The third-order valence-electron chi connectivity index (χ3n) is 2.57. The van der Waals surface area contributed by atoms with E-state index < -0.39 is 0 Å². The zero-order valence-electron chi connectivity index (χ0n) is 10.1. The van der Waals surface area contributed by atoms with Gasteiger partial charge in [0.25, 0.3) is 0 Å². The Morgan fingerprint density at radius 3 is 2.73 bits per heavy atom. The molecule has 1 N–H and O–H groups in total. The molecule has 0 amide bonds. The van der Waals surface area contributed by atoms with E-state index in [0.717, 1.165) is 19.1 Å². The van der Waals surface area contributed by atoms with Crippen molar-refractivity contribution in [3.8, 4) is 0 Å². The molecule has 1 saturated heterocycles. The lowest BCUT2D eigenvalue weighted by Gasteiger charge is -2.23. The van der Waals surface area contributed by atoms with Crippen LogP contribution >= 0.6 is 11.8 Å². The molecule has 0 radical (unpaired) electrons. The summed E-state index contributed by atoms with van der Waals surface area (Å²) in [7, 11) is 0. The molecule has 1 aliphatic heterocycles. The molecule has 1 rings (SSSR count). The zero-order valence-corrected chi connectivity index (χ0v) is 10.9. The normalized spacial score (nSPS) is 18.6. The Bertz CT molecular complexity index is 147. The molecule has 1 heterocycles. The fourth-order valence-corrected chi connectivity index (χ4v) is 2.69. The maximum Gasteiger partial charge on any atom is 0.0480 e. The quantitative estimate of drug-likeness (QED) is 0.680. The Kier molecular flexibility index (Phi) is 7.49. The van der Waals surface area contributed by atoms with Crippen molar-refractivity contribution in [2.75, 3.05) is 31.3 Å². The standard InChI is InChI=1S/C12H25NOS/c1-11(2)10-15-9-3-6-13-12-4-7-14-8-5-12/h11-13H,3-10H2,1-2H3. The summed E-state index contributed by atoms with van der Waals surface area (Å²) in [6.45, 7) is 7.63. The van der Waals surface area contributed by atoms with E-state index in [0.29, 0.717) is 6.04 Å². The SMILES string of the molecule is CC(C)CSCCCNC1CCOCC1. The van der Waals surface area contributed by atoms with E-state index in [1.54, 1.807) is 0 Å². The second-order valence-corrected chi connectivity index (χ2v) is 5.81. The third-order valence-corrected chi connectivity index (χ3v) is 4.05.